The minimum atomic E-state index is -0.406. The Bertz CT molecular complexity index is 1830. The largest absolute Gasteiger partial charge is 0.493 e. The van der Waals surface area contributed by atoms with E-state index in [1.165, 1.54) is 0 Å². The molecule has 10 nitrogen and oxygen atoms in total. The van der Waals surface area contributed by atoms with E-state index in [4.69, 9.17) is 14.7 Å². The standard InChI is InChI=1S/C35H43N7O3/c1-22-27-10-9-24-18-30(42(31(24)38-27)14-8-6-5-7-12-35(2,3)34(44)37-22)32-39-28-19-26-23(17-29(28)40(32)4)11-15-41(33(26)43)21-25-20-36-13-16-45-25/h9-10,17-20,22,36H,5-8,11-16,21H2,1-4H3,(H,37,44). The fourth-order valence-corrected chi connectivity index (χ4v) is 6.91. The van der Waals surface area contributed by atoms with Crippen LogP contribution in [0.1, 0.15) is 80.5 Å². The monoisotopic (exact) mass is 609 g/mol. The van der Waals surface area contributed by atoms with Crippen molar-refractivity contribution in [3.8, 4) is 11.5 Å². The number of carbonyl (C=O) groups is 2. The van der Waals surface area contributed by atoms with E-state index >= 15 is 0 Å². The van der Waals surface area contributed by atoms with E-state index in [-0.39, 0.29) is 17.9 Å². The lowest BCUT2D eigenvalue weighted by Gasteiger charge is -2.30. The number of aryl methyl sites for hydroxylation is 2. The van der Waals surface area contributed by atoms with E-state index in [2.05, 4.69) is 45.0 Å². The maximum Gasteiger partial charge on any atom is 0.254 e. The Kier molecular flexibility index (Phi) is 7.54. The molecule has 0 aliphatic carbocycles. The highest BCUT2D eigenvalue weighted by molar-refractivity contribution is 6.00. The van der Waals surface area contributed by atoms with Gasteiger partial charge in [0.2, 0.25) is 5.91 Å². The summed E-state index contributed by atoms with van der Waals surface area (Å²) in [5, 5.41) is 7.46. The first kappa shape index (κ1) is 29.4. The van der Waals surface area contributed by atoms with E-state index in [9.17, 15) is 9.59 Å². The summed E-state index contributed by atoms with van der Waals surface area (Å²) in [6.45, 7) is 9.43. The Hall–Kier alpha value is -4.34. The average molecular weight is 610 g/mol. The van der Waals surface area contributed by atoms with Crippen molar-refractivity contribution in [2.75, 3.05) is 26.2 Å². The number of hydrogen-bond acceptors (Lipinski definition) is 6. The van der Waals surface area contributed by atoms with Crippen molar-refractivity contribution >= 4 is 33.9 Å². The second kappa shape index (κ2) is 11.5. The number of benzene rings is 1. The third-order valence-corrected chi connectivity index (χ3v) is 9.75. The van der Waals surface area contributed by atoms with Crippen molar-refractivity contribution in [2.24, 2.45) is 12.5 Å². The zero-order valence-corrected chi connectivity index (χ0v) is 26.8. The Morgan fingerprint density at radius 3 is 2.71 bits per heavy atom. The van der Waals surface area contributed by atoms with Crippen molar-refractivity contribution in [1.29, 1.82) is 0 Å². The molecule has 1 atom stereocenters. The van der Waals surface area contributed by atoms with Gasteiger partial charge in [0.15, 0.2) is 5.82 Å². The molecular formula is C35H43N7O3. The maximum absolute atomic E-state index is 13.6. The molecule has 4 aromatic rings. The zero-order valence-electron chi connectivity index (χ0n) is 26.8. The second-order valence-corrected chi connectivity index (χ2v) is 13.5. The number of nitrogens with one attached hydrogen (secondary N) is 2. The van der Waals surface area contributed by atoms with Gasteiger partial charge in [0, 0.05) is 49.2 Å². The van der Waals surface area contributed by atoms with Gasteiger partial charge in [0.1, 0.15) is 18.0 Å². The number of amides is 2. The van der Waals surface area contributed by atoms with Gasteiger partial charge in [0.05, 0.1) is 35.0 Å². The van der Waals surface area contributed by atoms with Gasteiger partial charge in [-0.1, -0.05) is 33.1 Å². The minimum Gasteiger partial charge on any atom is -0.493 e. The van der Waals surface area contributed by atoms with E-state index in [0.717, 1.165) is 108 Å². The van der Waals surface area contributed by atoms with Crippen molar-refractivity contribution in [2.45, 2.75) is 71.9 Å². The summed E-state index contributed by atoms with van der Waals surface area (Å²) in [7, 11) is 2.06. The van der Waals surface area contributed by atoms with Gasteiger partial charge in [-0.25, -0.2) is 9.97 Å². The summed E-state index contributed by atoms with van der Waals surface area (Å²) in [5.74, 6) is 1.74. The van der Waals surface area contributed by atoms with Crippen molar-refractivity contribution in [3.63, 3.8) is 0 Å². The number of fused-ring (bicyclic) bond motifs is 3. The Morgan fingerprint density at radius 1 is 1.04 bits per heavy atom. The molecule has 3 aromatic heterocycles. The molecule has 0 spiro atoms. The number of carbonyl (C=O) groups excluding carboxylic acids is 2. The summed E-state index contributed by atoms with van der Waals surface area (Å²) in [6.07, 6.45) is 7.73. The molecule has 2 amide bonds. The summed E-state index contributed by atoms with van der Waals surface area (Å²) in [4.78, 5) is 38.8. The molecular weight excluding hydrogens is 566 g/mol. The van der Waals surface area contributed by atoms with Gasteiger partial charge in [-0.05, 0) is 62.1 Å². The Balaban J connectivity index is 1.26. The highest BCUT2D eigenvalue weighted by Gasteiger charge is 2.30. The predicted octanol–water partition coefficient (Wildman–Crippen LogP) is 5.22. The third-order valence-electron chi connectivity index (χ3n) is 9.75. The number of rotatable bonds is 3. The molecule has 3 aliphatic heterocycles. The van der Waals surface area contributed by atoms with Gasteiger partial charge < -0.3 is 29.4 Å². The molecule has 2 N–H and O–H groups in total. The van der Waals surface area contributed by atoms with Crippen LogP contribution < -0.4 is 10.6 Å². The van der Waals surface area contributed by atoms with Crippen molar-refractivity contribution in [3.05, 3.63) is 59.1 Å². The van der Waals surface area contributed by atoms with E-state index < -0.39 is 5.41 Å². The zero-order chi connectivity index (χ0) is 31.3. The lowest BCUT2D eigenvalue weighted by atomic mass is 9.85. The molecule has 10 heteroatoms. The number of imidazole rings is 1. The van der Waals surface area contributed by atoms with Crippen LogP contribution in [0.25, 0.3) is 33.6 Å². The van der Waals surface area contributed by atoms with E-state index in [1.807, 2.05) is 44.0 Å². The first-order chi connectivity index (χ1) is 21.7. The predicted molar refractivity (Wildman–Crippen MR) is 175 cm³/mol. The van der Waals surface area contributed by atoms with Crippen LogP contribution in [0.3, 0.4) is 0 Å². The van der Waals surface area contributed by atoms with Crippen molar-refractivity contribution < 1.29 is 14.3 Å². The first-order valence-corrected chi connectivity index (χ1v) is 16.3. The minimum absolute atomic E-state index is 0.0176. The van der Waals surface area contributed by atoms with Gasteiger partial charge in [0.25, 0.3) is 5.91 Å². The van der Waals surface area contributed by atoms with E-state index in [0.29, 0.717) is 19.7 Å². The molecule has 7 rings (SSSR count). The van der Waals surface area contributed by atoms with Gasteiger partial charge >= 0.3 is 0 Å². The van der Waals surface area contributed by atoms with Crippen LogP contribution in [0.2, 0.25) is 0 Å². The Labute approximate surface area is 263 Å². The molecule has 0 saturated heterocycles. The molecule has 2 bridgehead atoms. The van der Waals surface area contributed by atoms with Crippen LogP contribution in [-0.2, 0) is 29.5 Å². The number of hydrogen-bond donors (Lipinski definition) is 2. The molecule has 236 valence electrons. The smallest absolute Gasteiger partial charge is 0.254 e. The Morgan fingerprint density at radius 2 is 1.89 bits per heavy atom. The molecule has 0 saturated carbocycles. The second-order valence-electron chi connectivity index (χ2n) is 13.5. The lowest BCUT2D eigenvalue weighted by molar-refractivity contribution is -0.130. The summed E-state index contributed by atoms with van der Waals surface area (Å²) in [6, 6.07) is 10.2. The van der Waals surface area contributed by atoms with Crippen LogP contribution in [0.15, 0.2) is 42.3 Å². The van der Waals surface area contributed by atoms with Gasteiger partial charge in [-0.2, -0.15) is 0 Å². The number of aromatic nitrogens is 4. The molecule has 0 radical (unpaired) electrons. The normalized spacial score (nSPS) is 20.8. The van der Waals surface area contributed by atoms with Crippen LogP contribution in [0.4, 0.5) is 0 Å². The maximum atomic E-state index is 13.6. The van der Waals surface area contributed by atoms with Crippen molar-refractivity contribution in [1.82, 2.24) is 34.6 Å². The molecule has 0 fully saturated rings. The lowest BCUT2D eigenvalue weighted by Crippen LogP contribution is -2.40. The number of ether oxygens (including phenoxy) is 1. The number of nitrogens with zero attached hydrogens (tertiary/aromatic N) is 5. The SMILES string of the molecule is CC1NC(=O)C(C)(C)CCCCCCn2c(-c3nc4cc5c(cc4n3C)CCN(CC3=CNCCO3)C5=O)cc3ccc1nc32. The highest BCUT2D eigenvalue weighted by atomic mass is 16.5. The first-order valence-electron chi connectivity index (χ1n) is 16.3. The summed E-state index contributed by atoms with van der Waals surface area (Å²) < 4.78 is 10.2. The molecule has 6 heterocycles. The molecule has 1 aromatic carbocycles. The van der Waals surface area contributed by atoms with Gasteiger partial charge in [-0.15, -0.1) is 0 Å². The average Bonchev–Trinajstić information content (AvgIpc) is 3.55. The fraction of sp³-hybridized carbons (Fsp3) is 0.486. The van der Waals surface area contributed by atoms with Crippen LogP contribution in [0.5, 0.6) is 0 Å². The van der Waals surface area contributed by atoms with E-state index in [1.54, 1.807) is 0 Å². The fourth-order valence-electron chi connectivity index (χ4n) is 6.91. The molecule has 45 heavy (non-hydrogen) atoms. The third kappa shape index (κ3) is 5.44. The quantitative estimate of drug-likeness (QED) is 0.330. The highest BCUT2D eigenvalue weighted by Crippen LogP contribution is 2.34. The summed E-state index contributed by atoms with van der Waals surface area (Å²) >= 11 is 0. The number of pyridine rings is 1. The molecule has 1 unspecified atom stereocenters. The topological polar surface area (TPSA) is 106 Å². The van der Waals surface area contributed by atoms with Crippen LogP contribution >= 0.6 is 0 Å². The summed E-state index contributed by atoms with van der Waals surface area (Å²) in [5.41, 5.74) is 5.96. The van der Waals surface area contributed by atoms with Crippen LogP contribution in [0, 0.1) is 5.41 Å². The molecule has 3 aliphatic rings. The van der Waals surface area contributed by atoms with Gasteiger partial charge in [-0.3, -0.25) is 9.59 Å². The van der Waals surface area contributed by atoms with Crippen LogP contribution in [-0.4, -0.2) is 62.1 Å².